The standard InChI is InChI=1S/C26H22N4O9S/c1-26(2)19(24(34)35)29-22(33)17(23(29)40-26)28-21(32)16(12-7-4-3-5-8-12)27-20(31)14-11-13-9-6-10-15(30(37)38)18(13)39-25(14)36/h3-11,16-17,19,23H,1-2H3,(H,27,31)(H,28,32)(H,34,35)/t16?,17-,19+,23-/m1/s1. The van der Waals surface area contributed by atoms with E-state index in [2.05, 4.69) is 10.6 Å². The summed E-state index contributed by atoms with van der Waals surface area (Å²) >= 11 is 1.25. The summed E-state index contributed by atoms with van der Waals surface area (Å²) in [5.74, 6) is -3.43. The number of amides is 3. The molecule has 0 radical (unpaired) electrons. The smallest absolute Gasteiger partial charge is 0.349 e. The molecule has 5 rings (SSSR count). The molecule has 3 heterocycles. The Morgan fingerprint density at radius 1 is 1.12 bits per heavy atom. The molecule has 4 atom stereocenters. The summed E-state index contributed by atoms with van der Waals surface area (Å²) < 4.78 is 4.30. The van der Waals surface area contributed by atoms with Gasteiger partial charge in [-0.05, 0) is 25.5 Å². The number of benzene rings is 2. The molecule has 2 saturated heterocycles. The molecule has 0 aliphatic carbocycles. The minimum absolute atomic E-state index is 0.133. The van der Waals surface area contributed by atoms with Crippen molar-refractivity contribution in [3.63, 3.8) is 0 Å². The van der Waals surface area contributed by atoms with Crippen LogP contribution in [0.15, 0.2) is 63.8 Å². The van der Waals surface area contributed by atoms with Crippen LogP contribution in [0.5, 0.6) is 0 Å². The lowest BCUT2D eigenvalue weighted by molar-refractivity contribution is -0.383. The molecule has 0 spiro atoms. The number of rotatable bonds is 7. The van der Waals surface area contributed by atoms with Crippen LogP contribution in [0.2, 0.25) is 0 Å². The van der Waals surface area contributed by atoms with Gasteiger partial charge in [0.05, 0.1) is 4.92 Å². The first kappa shape index (κ1) is 26.9. The fraction of sp³-hybridized carbons (Fsp3) is 0.269. The van der Waals surface area contributed by atoms with Gasteiger partial charge in [-0.1, -0.05) is 42.5 Å². The second-order valence-electron chi connectivity index (χ2n) is 9.80. The molecule has 2 aliphatic rings. The van der Waals surface area contributed by atoms with E-state index < -0.39 is 73.7 Å². The number of fused-ring (bicyclic) bond motifs is 2. The second-order valence-corrected chi connectivity index (χ2v) is 11.6. The molecule has 3 N–H and O–H groups in total. The van der Waals surface area contributed by atoms with E-state index in [1.807, 2.05) is 0 Å². The lowest BCUT2D eigenvalue weighted by Gasteiger charge is -2.44. The van der Waals surface area contributed by atoms with Crippen molar-refractivity contribution in [3.05, 3.63) is 86.3 Å². The van der Waals surface area contributed by atoms with Gasteiger partial charge < -0.3 is 25.1 Å². The third-order valence-electron chi connectivity index (χ3n) is 6.82. The third kappa shape index (κ3) is 4.45. The summed E-state index contributed by atoms with van der Waals surface area (Å²) in [5.41, 5.74) is -2.01. The Balaban J connectivity index is 1.41. The Morgan fingerprint density at radius 3 is 2.48 bits per heavy atom. The first-order valence-corrected chi connectivity index (χ1v) is 12.9. The zero-order chi connectivity index (χ0) is 28.9. The number of nitro groups is 1. The van der Waals surface area contributed by atoms with E-state index in [9.17, 15) is 39.2 Å². The van der Waals surface area contributed by atoms with Crippen LogP contribution < -0.4 is 16.3 Å². The summed E-state index contributed by atoms with van der Waals surface area (Å²) in [6, 6.07) is 9.79. The monoisotopic (exact) mass is 566 g/mol. The highest BCUT2D eigenvalue weighted by atomic mass is 32.2. The normalized spacial score (nSPS) is 21.7. The summed E-state index contributed by atoms with van der Waals surface area (Å²) in [6.45, 7) is 3.41. The number of thioether (sulfide) groups is 1. The van der Waals surface area contributed by atoms with Gasteiger partial charge in [0.25, 0.3) is 5.91 Å². The highest BCUT2D eigenvalue weighted by Crippen LogP contribution is 2.50. The van der Waals surface area contributed by atoms with Crippen molar-refractivity contribution in [2.45, 2.75) is 42.1 Å². The van der Waals surface area contributed by atoms with Gasteiger partial charge in [0, 0.05) is 16.2 Å². The van der Waals surface area contributed by atoms with Gasteiger partial charge in [-0.2, -0.15) is 0 Å². The summed E-state index contributed by atoms with van der Waals surface area (Å²) in [7, 11) is 0. The molecule has 2 aliphatic heterocycles. The topological polar surface area (TPSA) is 189 Å². The number of hydrogen-bond acceptors (Lipinski definition) is 9. The Hall–Kier alpha value is -4.72. The molecular weight excluding hydrogens is 544 g/mol. The Bertz CT molecular complexity index is 1640. The van der Waals surface area contributed by atoms with E-state index >= 15 is 0 Å². The van der Waals surface area contributed by atoms with Crippen LogP contribution in [0.25, 0.3) is 11.0 Å². The van der Waals surface area contributed by atoms with Gasteiger partial charge >= 0.3 is 17.3 Å². The number of nitro benzene ring substituents is 1. The minimum Gasteiger partial charge on any atom is -0.480 e. The van der Waals surface area contributed by atoms with Gasteiger partial charge in [0.1, 0.15) is 29.1 Å². The zero-order valence-electron chi connectivity index (χ0n) is 21.0. The molecule has 0 bridgehead atoms. The number of hydrogen-bond donors (Lipinski definition) is 3. The van der Waals surface area contributed by atoms with E-state index in [1.165, 1.54) is 28.8 Å². The molecule has 2 aromatic carbocycles. The van der Waals surface area contributed by atoms with Crippen molar-refractivity contribution in [1.82, 2.24) is 15.5 Å². The van der Waals surface area contributed by atoms with Gasteiger partial charge in [0.2, 0.25) is 17.4 Å². The molecule has 40 heavy (non-hydrogen) atoms. The minimum atomic E-state index is -1.34. The average Bonchev–Trinajstić information content (AvgIpc) is 3.17. The number of carboxylic acids is 1. The van der Waals surface area contributed by atoms with Crippen LogP contribution in [0.1, 0.15) is 35.8 Å². The van der Waals surface area contributed by atoms with Crippen molar-refractivity contribution in [1.29, 1.82) is 0 Å². The van der Waals surface area contributed by atoms with E-state index in [4.69, 9.17) is 4.42 Å². The first-order chi connectivity index (χ1) is 18.9. The van der Waals surface area contributed by atoms with Crippen LogP contribution >= 0.6 is 11.8 Å². The Kier molecular flexibility index (Phi) is 6.58. The number of nitrogens with one attached hydrogen (secondary N) is 2. The first-order valence-electron chi connectivity index (χ1n) is 12.0. The molecule has 1 unspecified atom stereocenters. The maximum absolute atomic E-state index is 13.4. The number of carboxylic acid groups (broad SMARTS) is 1. The van der Waals surface area contributed by atoms with Crippen LogP contribution in [0, 0.1) is 10.1 Å². The maximum atomic E-state index is 13.4. The molecule has 3 aromatic rings. The van der Waals surface area contributed by atoms with E-state index in [0.717, 1.165) is 12.1 Å². The maximum Gasteiger partial charge on any atom is 0.349 e. The quantitative estimate of drug-likeness (QED) is 0.165. The van der Waals surface area contributed by atoms with Crippen LogP contribution in [-0.2, 0) is 14.4 Å². The van der Waals surface area contributed by atoms with Gasteiger partial charge in [0.15, 0.2) is 0 Å². The number of non-ortho nitro benzene ring substituents is 1. The van der Waals surface area contributed by atoms with Gasteiger partial charge in [-0.3, -0.25) is 24.5 Å². The number of carbonyl (C=O) groups excluding carboxylic acids is 3. The SMILES string of the molecule is CC1(C)S[C@@H]2[C@H](NC(=O)C(NC(=O)c3cc4cccc([N+](=O)[O-])c4oc3=O)c3ccccc3)C(=O)N2[C@H]1C(=O)O. The lowest BCUT2D eigenvalue weighted by Crippen LogP contribution is -2.71. The molecule has 206 valence electrons. The Labute approximate surface area is 229 Å². The number of para-hydroxylation sites is 1. The number of aliphatic carboxylic acids is 1. The van der Waals surface area contributed by atoms with Crippen LogP contribution in [0.4, 0.5) is 5.69 Å². The van der Waals surface area contributed by atoms with Crippen LogP contribution in [0.3, 0.4) is 0 Å². The van der Waals surface area contributed by atoms with E-state index in [0.29, 0.717) is 5.56 Å². The molecule has 3 amide bonds. The average molecular weight is 567 g/mol. The largest absolute Gasteiger partial charge is 0.480 e. The summed E-state index contributed by atoms with van der Waals surface area (Å²) in [4.78, 5) is 75.7. The Morgan fingerprint density at radius 2 is 1.82 bits per heavy atom. The highest BCUT2D eigenvalue weighted by molar-refractivity contribution is 8.01. The predicted octanol–water partition coefficient (Wildman–Crippen LogP) is 1.80. The van der Waals surface area contributed by atoms with Crippen molar-refractivity contribution in [2.24, 2.45) is 0 Å². The number of nitrogens with zero attached hydrogens (tertiary/aromatic N) is 2. The highest BCUT2D eigenvalue weighted by Gasteiger charge is 2.64. The molecule has 13 nitrogen and oxygen atoms in total. The lowest BCUT2D eigenvalue weighted by atomic mass is 9.95. The molecule has 14 heteroatoms. The molecule has 2 fully saturated rings. The number of carbonyl (C=O) groups is 4. The zero-order valence-corrected chi connectivity index (χ0v) is 21.8. The van der Waals surface area contributed by atoms with Crippen molar-refractivity contribution < 1.29 is 33.6 Å². The fourth-order valence-electron chi connectivity index (χ4n) is 4.97. The van der Waals surface area contributed by atoms with Crippen molar-refractivity contribution >= 4 is 52.1 Å². The third-order valence-corrected chi connectivity index (χ3v) is 8.40. The fourth-order valence-corrected chi connectivity index (χ4v) is 6.59. The van der Waals surface area contributed by atoms with Crippen molar-refractivity contribution in [3.8, 4) is 0 Å². The van der Waals surface area contributed by atoms with Gasteiger partial charge in [-0.25, -0.2) is 9.59 Å². The molecular formula is C26H22N4O9S. The second kappa shape index (κ2) is 9.79. The van der Waals surface area contributed by atoms with Crippen molar-refractivity contribution in [2.75, 3.05) is 0 Å². The molecule has 1 aromatic heterocycles. The molecule has 0 saturated carbocycles. The van der Waals surface area contributed by atoms with E-state index in [1.54, 1.807) is 44.2 Å². The predicted molar refractivity (Wildman–Crippen MR) is 141 cm³/mol. The van der Waals surface area contributed by atoms with Gasteiger partial charge in [-0.15, -0.1) is 11.8 Å². The summed E-state index contributed by atoms with van der Waals surface area (Å²) in [6.07, 6.45) is 0. The van der Waals surface area contributed by atoms with Crippen LogP contribution in [-0.4, -0.2) is 60.8 Å². The summed E-state index contributed by atoms with van der Waals surface area (Å²) in [5, 5.41) is 25.5. The van der Waals surface area contributed by atoms with E-state index in [-0.39, 0.29) is 11.0 Å². The number of β-lactam (4-membered cyclic amide) rings is 1.